The maximum absolute atomic E-state index is 9.19. The Morgan fingerprint density at radius 1 is 1.57 bits per heavy atom. The van der Waals surface area contributed by atoms with Crippen LogP contribution < -0.4 is 5.11 Å². The average molecular weight is 228 g/mol. The SMILES string of the molecule is C[N+](C)(CCO)CC(O)CCl.O=C[O-]. The highest BCUT2D eigenvalue weighted by atomic mass is 35.5. The van der Waals surface area contributed by atoms with Gasteiger partial charge in [-0.25, -0.2) is 0 Å². The average Bonchev–Trinajstić information content (AvgIpc) is 2.04. The molecule has 0 bridgehead atoms. The van der Waals surface area contributed by atoms with E-state index in [1.807, 2.05) is 14.1 Å². The van der Waals surface area contributed by atoms with Gasteiger partial charge in [0.1, 0.15) is 19.2 Å². The fraction of sp³-hybridized carbons (Fsp3) is 0.875. The predicted octanol–water partition coefficient (Wildman–Crippen LogP) is -1.98. The summed E-state index contributed by atoms with van der Waals surface area (Å²) in [7, 11) is 3.90. The summed E-state index contributed by atoms with van der Waals surface area (Å²) in [6, 6.07) is 0. The van der Waals surface area contributed by atoms with E-state index in [4.69, 9.17) is 26.6 Å². The molecule has 0 aliphatic carbocycles. The van der Waals surface area contributed by atoms with E-state index >= 15 is 0 Å². The molecule has 0 aromatic carbocycles. The van der Waals surface area contributed by atoms with Gasteiger partial charge < -0.3 is 24.6 Å². The van der Waals surface area contributed by atoms with Gasteiger partial charge in [0.2, 0.25) is 0 Å². The van der Waals surface area contributed by atoms with Crippen LogP contribution in [0.5, 0.6) is 0 Å². The third-order valence-electron chi connectivity index (χ3n) is 1.59. The normalized spacial score (nSPS) is 12.6. The number of hydrogen-bond donors (Lipinski definition) is 2. The molecule has 86 valence electrons. The molecule has 0 saturated carbocycles. The molecule has 0 amide bonds. The van der Waals surface area contributed by atoms with Crippen LogP contribution in [0.15, 0.2) is 0 Å². The maximum atomic E-state index is 9.19. The minimum atomic E-state index is -0.500. The minimum Gasteiger partial charge on any atom is -0.554 e. The number of quaternary nitrogens is 1. The summed E-state index contributed by atoms with van der Waals surface area (Å²) >= 11 is 5.44. The zero-order valence-corrected chi connectivity index (χ0v) is 9.28. The van der Waals surface area contributed by atoms with Crippen molar-refractivity contribution in [1.82, 2.24) is 0 Å². The molecule has 0 aliphatic rings. The van der Waals surface area contributed by atoms with E-state index in [1.165, 1.54) is 0 Å². The highest BCUT2D eigenvalue weighted by molar-refractivity contribution is 6.18. The molecule has 0 heterocycles. The number of alkyl halides is 1. The van der Waals surface area contributed by atoms with Gasteiger partial charge in [-0.2, -0.15) is 0 Å². The molecule has 0 spiro atoms. The third-order valence-corrected chi connectivity index (χ3v) is 1.94. The van der Waals surface area contributed by atoms with Crippen LogP contribution in [0.3, 0.4) is 0 Å². The molecule has 0 aliphatic heterocycles. The first-order valence-electron chi connectivity index (χ1n) is 4.16. The van der Waals surface area contributed by atoms with Gasteiger partial charge in [0, 0.05) is 6.47 Å². The highest BCUT2D eigenvalue weighted by Gasteiger charge is 2.18. The number of carbonyl (C=O) groups is 1. The number of hydrogen-bond acceptors (Lipinski definition) is 4. The van der Waals surface area contributed by atoms with Crippen LogP contribution in [0.25, 0.3) is 0 Å². The fourth-order valence-electron chi connectivity index (χ4n) is 0.981. The first-order valence-corrected chi connectivity index (χ1v) is 4.69. The van der Waals surface area contributed by atoms with Crippen LogP contribution in [0, 0.1) is 0 Å². The monoisotopic (exact) mass is 227 g/mol. The molecule has 5 nitrogen and oxygen atoms in total. The molecule has 0 fully saturated rings. The Morgan fingerprint density at radius 3 is 2.29 bits per heavy atom. The quantitative estimate of drug-likeness (QED) is 0.324. The van der Waals surface area contributed by atoms with E-state index in [2.05, 4.69) is 0 Å². The number of aliphatic hydroxyl groups excluding tert-OH is 2. The van der Waals surface area contributed by atoms with Crippen molar-refractivity contribution in [3.63, 3.8) is 0 Å². The van der Waals surface area contributed by atoms with E-state index in [9.17, 15) is 5.11 Å². The number of aliphatic hydroxyl groups is 2. The van der Waals surface area contributed by atoms with Gasteiger partial charge in [-0.1, -0.05) is 0 Å². The molecule has 0 rings (SSSR count). The van der Waals surface area contributed by atoms with Crippen molar-refractivity contribution in [3.05, 3.63) is 0 Å². The first-order chi connectivity index (χ1) is 6.43. The predicted molar refractivity (Wildman–Crippen MR) is 51.7 cm³/mol. The van der Waals surface area contributed by atoms with Crippen LogP contribution in [-0.2, 0) is 4.79 Å². The van der Waals surface area contributed by atoms with Gasteiger partial charge in [-0.3, -0.25) is 0 Å². The molecule has 0 aromatic heterocycles. The Kier molecular flexibility index (Phi) is 10.6. The molecular formula is C8H18ClNO4. The highest BCUT2D eigenvalue weighted by Crippen LogP contribution is 2.00. The lowest BCUT2D eigenvalue weighted by molar-refractivity contribution is -0.893. The number of carboxylic acid groups (broad SMARTS) is 1. The molecule has 0 saturated heterocycles. The topological polar surface area (TPSA) is 80.6 Å². The van der Waals surface area contributed by atoms with E-state index in [1.54, 1.807) is 0 Å². The number of halogens is 1. The number of rotatable bonds is 5. The maximum Gasteiger partial charge on any atom is 0.116 e. The van der Waals surface area contributed by atoms with Gasteiger partial charge in [-0.05, 0) is 0 Å². The summed E-state index contributed by atoms with van der Waals surface area (Å²) in [5, 5.41) is 26.1. The molecule has 1 atom stereocenters. The standard InChI is InChI=1S/C7H17ClNO2.CH2O2/c1-9(2,3-4-10)6-7(11)5-8;2-1-3/h7,10-11H,3-6H2,1-2H3;1H,(H,2,3)/q+1;/p-1. The zero-order chi connectivity index (χ0) is 11.6. The zero-order valence-electron chi connectivity index (χ0n) is 8.52. The molecule has 1 unspecified atom stereocenters. The second-order valence-corrected chi connectivity index (χ2v) is 3.78. The Labute approximate surface area is 89.1 Å². The second-order valence-electron chi connectivity index (χ2n) is 3.47. The minimum absolute atomic E-state index is 0.141. The number of nitrogens with zero attached hydrogens (tertiary/aromatic N) is 1. The van der Waals surface area contributed by atoms with E-state index < -0.39 is 12.6 Å². The first kappa shape index (κ1) is 16.1. The largest absolute Gasteiger partial charge is 0.554 e. The molecule has 0 radical (unpaired) electrons. The van der Waals surface area contributed by atoms with E-state index in [0.717, 1.165) is 0 Å². The molecule has 14 heavy (non-hydrogen) atoms. The summed E-state index contributed by atoms with van der Waals surface area (Å²) in [6.45, 7) is 0.875. The van der Waals surface area contributed by atoms with Crippen molar-refractivity contribution in [2.45, 2.75) is 6.10 Å². The van der Waals surface area contributed by atoms with Crippen LogP contribution in [0.4, 0.5) is 0 Å². The van der Waals surface area contributed by atoms with Crippen molar-refractivity contribution in [1.29, 1.82) is 0 Å². The number of carbonyl (C=O) groups excluding carboxylic acids is 1. The van der Waals surface area contributed by atoms with Crippen LogP contribution in [0.1, 0.15) is 0 Å². The van der Waals surface area contributed by atoms with Crippen molar-refractivity contribution in [3.8, 4) is 0 Å². The summed E-state index contributed by atoms with van der Waals surface area (Å²) < 4.78 is 0.602. The van der Waals surface area contributed by atoms with Gasteiger partial charge >= 0.3 is 0 Å². The molecule has 0 aromatic rings. The van der Waals surface area contributed by atoms with Gasteiger partial charge in [0.25, 0.3) is 0 Å². The van der Waals surface area contributed by atoms with Crippen LogP contribution in [-0.4, -0.2) is 66.9 Å². The fourth-order valence-corrected chi connectivity index (χ4v) is 1.08. The Hall–Kier alpha value is -0.360. The molecule has 2 N–H and O–H groups in total. The lowest BCUT2D eigenvalue weighted by Gasteiger charge is -2.30. The second kappa shape index (κ2) is 9.21. The Morgan fingerprint density at radius 2 is 2.00 bits per heavy atom. The summed E-state index contributed by atoms with van der Waals surface area (Å²) in [5.74, 6) is 0.257. The van der Waals surface area contributed by atoms with Gasteiger partial charge in [0.15, 0.2) is 0 Å². The van der Waals surface area contributed by atoms with Gasteiger partial charge in [-0.15, -0.1) is 11.6 Å². The van der Waals surface area contributed by atoms with Crippen molar-refractivity contribution >= 4 is 18.1 Å². The molecule has 6 heteroatoms. The van der Waals surface area contributed by atoms with E-state index in [0.29, 0.717) is 17.6 Å². The van der Waals surface area contributed by atoms with Crippen molar-refractivity contribution in [2.75, 3.05) is 39.7 Å². The van der Waals surface area contributed by atoms with Crippen molar-refractivity contribution < 1.29 is 24.6 Å². The smallest absolute Gasteiger partial charge is 0.116 e. The summed E-state index contributed by atoms with van der Waals surface area (Å²) in [4.78, 5) is 8.25. The lowest BCUT2D eigenvalue weighted by atomic mass is 10.3. The Balaban J connectivity index is 0. The van der Waals surface area contributed by atoms with Crippen LogP contribution in [0.2, 0.25) is 0 Å². The molecular weight excluding hydrogens is 210 g/mol. The Bertz CT molecular complexity index is 143. The lowest BCUT2D eigenvalue weighted by Crippen LogP contribution is -2.47. The van der Waals surface area contributed by atoms with Crippen LogP contribution >= 0.6 is 11.6 Å². The number of likely N-dealkylation sites (N-methyl/N-ethyl adjacent to an activating group) is 1. The van der Waals surface area contributed by atoms with Crippen molar-refractivity contribution in [2.24, 2.45) is 0 Å². The summed E-state index contributed by atoms with van der Waals surface area (Å²) in [6.07, 6.45) is -0.474. The third kappa shape index (κ3) is 11.6. The van der Waals surface area contributed by atoms with Gasteiger partial charge in [0.05, 0.1) is 26.6 Å². The summed E-state index contributed by atoms with van der Waals surface area (Å²) in [5.41, 5.74) is 0. The van der Waals surface area contributed by atoms with E-state index in [-0.39, 0.29) is 12.5 Å².